The molecule has 7 nitrogen and oxygen atoms in total. The zero-order valence-electron chi connectivity index (χ0n) is 12.3. The second kappa shape index (κ2) is 6.30. The number of carbonyl (C=O) groups excluding carboxylic acids is 1. The van der Waals surface area contributed by atoms with Gasteiger partial charge in [-0.05, 0) is 31.2 Å². The Morgan fingerprint density at radius 3 is 2.91 bits per heavy atom. The minimum Gasteiger partial charge on any atom is -0.376 e. The Morgan fingerprint density at radius 1 is 1.39 bits per heavy atom. The van der Waals surface area contributed by atoms with Gasteiger partial charge in [0.25, 0.3) is 0 Å². The number of amides is 1. The Labute approximate surface area is 131 Å². The van der Waals surface area contributed by atoms with Crippen molar-refractivity contribution in [3.8, 4) is 5.69 Å². The van der Waals surface area contributed by atoms with Crippen LogP contribution in [0.4, 0.5) is 15.9 Å². The van der Waals surface area contributed by atoms with Gasteiger partial charge in [0.05, 0.1) is 6.54 Å². The summed E-state index contributed by atoms with van der Waals surface area (Å²) in [4.78, 5) is 11.8. The van der Waals surface area contributed by atoms with Gasteiger partial charge in [-0.1, -0.05) is 5.16 Å². The van der Waals surface area contributed by atoms with Gasteiger partial charge in [0, 0.05) is 24.1 Å². The molecule has 0 bridgehead atoms. The van der Waals surface area contributed by atoms with Crippen molar-refractivity contribution >= 4 is 17.4 Å². The Bertz CT molecular complexity index is 813. The van der Waals surface area contributed by atoms with E-state index in [1.807, 2.05) is 0 Å². The highest BCUT2D eigenvalue weighted by molar-refractivity contribution is 5.92. The summed E-state index contributed by atoms with van der Waals surface area (Å²) in [5.41, 5.74) is 0.827. The first-order valence-corrected chi connectivity index (χ1v) is 6.88. The highest BCUT2D eigenvalue weighted by atomic mass is 19.1. The molecule has 0 radical (unpaired) electrons. The lowest BCUT2D eigenvalue weighted by molar-refractivity contribution is -0.114. The minimum atomic E-state index is -0.439. The van der Waals surface area contributed by atoms with Crippen LogP contribution in [0.1, 0.15) is 5.76 Å². The zero-order valence-corrected chi connectivity index (χ0v) is 12.3. The van der Waals surface area contributed by atoms with Crippen molar-refractivity contribution < 1.29 is 13.7 Å². The molecule has 1 amide bonds. The molecule has 1 aromatic carbocycles. The summed E-state index contributed by atoms with van der Waals surface area (Å²) in [5.74, 6) is 0.195. The third-order valence-electron chi connectivity index (χ3n) is 3.05. The van der Waals surface area contributed by atoms with E-state index in [1.165, 1.54) is 10.7 Å². The first kappa shape index (κ1) is 14.8. The lowest BCUT2D eigenvalue weighted by Crippen LogP contribution is -2.22. The average molecular weight is 315 g/mol. The third kappa shape index (κ3) is 3.54. The molecule has 2 aromatic heterocycles. The van der Waals surface area contributed by atoms with Crippen molar-refractivity contribution in [3.63, 3.8) is 0 Å². The first-order valence-electron chi connectivity index (χ1n) is 6.88. The number of aromatic nitrogens is 3. The highest BCUT2D eigenvalue weighted by Crippen LogP contribution is 2.17. The fourth-order valence-electron chi connectivity index (χ4n) is 2.01. The number of carbonyl (C=O) groups is 1. The van der Waals surface area contributed by atoms with Gasteiger partial charge in [-0.25, -0.2) is 9.07 Å². The number of hydrogen-bond acceptors (Lipinski definition) is 5. The Balaban J connectivity index is 1.60. The Kier molecular flexibility index (Phi) is 4.05. The van der Waals surface area contributed by atoms with E-state index in [4.69, 9.17) is 4.52 Å². The van der Waals surface area contributed by atoms with Crippen molar-refractivity contribution in [2.45, 2.75) is 6.92 Å². The highest BCUT2D eigenvalue weighted by Gasteiger charge is 2.08. The van der Waals surface area contributed by atoms with E-state index < -0.39 is 5.82 Å². The predicted octanol–water partition coefficient (Wildman–Crippen LogP) is 2.36. The van der Waals surface area contributed by atoms with Gasteiger partial charge in [-0.2, -0.15) is 5.10 Å². The Morgan fingerprint density at radius 2 is 2.26 bits per heavy atom. The van der Waals surface area contributed by atoms with Crippen LogP contribution in [0.25, 0.3) is 5.69 Å². The van der Waals surface area contributed by atoms with E-state index in [0.29, 0.717) is 23.0 Å². The number of aryl methyl sites for hydroxylation is 1. The summed E-state index contributed by atoms with van der Waals surface area (Å²) in [5, 5.41) is 13.0. The molecule has 3 rings (SSSR count). The van der Waals surface area contributed by atoms with Crippen LogP contribution in [0.5, 0.6) is 0 Å². The number of anilines is 2. The summed E-state index contributed by atoms with van der Waals surface area (Å²) in [7, 11) is 0. The molecule has 2 heterocycles. The van der Waals surface area contributed by atoms with Crippen LogP contribution in [0.3, 0.4) is 0 Å². The third-order valence-corrected chi connectivity index (χ3v) is 3.05. The number of hydrogen-bond donors (Lipinski definition) is 2. The quantitative estimate of drug-likeness (QED) is 0.755. The van der Waals surface area contributed by atoms with Crippen LogP contribution >= 0.6 is 0 Å². The molecule has 0 aliphatic carbocycles. The molecule has 0 fully saturated rings. The normalized spacial score (nSPS) is 10.5. The lowest BCUT2D eigenvalue weighted by atomic mass is 10.2. The topological polar surface area (TPSA) is 85.0 Å². The number of nitrogens with zero attached hydrogens (tertiary/aromatic N) is 3. The monoisotopic (exact) mass is 315 g/mol. The second-order valence-corrected chi connectivity index (χ2v) is 4.84. The summed E-state index contributed by atoms with van der Waals surface area (Å²) >= 11 is 0. The molecule has 3 aromatic rings. The molecule has 0 unspecified atom stereocenters. The van der Waals surface area contributed by atoms with Gasteiger partial charge < -0.3 is 15.2 Å². The number of rotatable bonds is 5. The van der Waals surface area contributed by atoms with Crippen molar-refractivity contribution in [2.75, 3.05) is 17.2 Å². The number of nitrogens with one attached hydrogen (secondary N) is 2. The molecular weight excluding hydrogens is 301 g/mol. The van der Waals surface area contributed by atoms with E-state index in [1.54, 1.807) is 43.6 Å². The van der Waals surface area contributed by atoms with E-state index >= 15 is 0 Å². The SMILES string of the molecule is Cc1cc(NC(=O)CNc2ccc(-n3cccn3)c(F)c2)no1. The van der Waals surface area contributed by atoms with Crippen LogP contribution < -0.4 is 10.6 Å². The van der Waals surface area contributed by atoms with Gasteiger partial charge in [-0.15, -0.1) is 0 Å². The van der Waals surface area contributed by atoms with Crippen LogP contribution in [0.2, 0.25) is 0 Å². The van der Waals surface area contributed by atoms with E-state index in [-0.39, 0.29) is 12.5 Å². The maximum absolute atomic E-state index is 14.1. The molecule has 0 aliphatic rings. The largest absolute Gasteiger partial charge is 0.376 e. The summed E-state index contributed by atoms with van der Waals surface area (Å²) in [6.07, 6.45) is 3.22. The van der Waals surface area contributed by atoms with Crippen LogP contribution in [-0.4, -0.2) is 27.4 Å². The van der Waals surface area contributed by atoms with Gasteiger partial charge >= 0.3 is 0 Å². The fraction of sp³-hybridized carbons (Fsp3) is 0.133. The van der Waals surface area contributed by atoms with E-state index in [2.05, 4.69) is 20.9 Å². The molecule has 2 N–H and O–H groups in total. The van der Waals surface area contributed by atoms with Crippen molar-refractivity contribution in [1.82, 2.24) is 14.9 Å². The standard InChI is InChI=1S/C15H14FN5O2/c1-10-7-14(20-23-10)19-15(22)9-17-11-3-4-13(12(16)8-11)21-6-2-5-18-21/h2-8,17H,9H2,1H3,(H,19,20,22). The van der Waals surface area contributed by atoms with Crippen molar-refractivity contribution in [1.29, 1.82) is 0 Å². The van der Waals surface area contributed by atoms with Crippen LogP contribution in [0.15, 0.2) is 47.2 Å². The number of halogens is 1. The van der Waals surface area contributed by atoms with E-state index in [9.17, 15) is 9.18 Å². The van der Waals surface area contributed by atoms with Crippen molar-refractivity contribution in [3.05, 3.63) is 54.3 Å². The van der Waals surface area contributed by atoms with Gasteiger partial charge in [-0.3, -0.25) is 4.79 Å². The molecule has 0 saturated heterocycles. The molecular formula is C15H14FN5O2. The molecule has 8 heteroatoms. The first-order chi connectivity index (χ1) is 11.1. The smallest absolute Gasteiger partial charge is 0.244 e. The Hall–Kier alpha value is -3.16. The predicted molar refractivity (Wildman–Crippen MR) is 81.9 cm³/mol. The summed E-state index contributed by atoms with van der Waals surface area (Å²) < 4.78 is 20.3. The van der Waals surface area contributed by atoms with Gasteiger partial charge in [0.15, 0.2) is 11.6 Å². The second-order valence-electron chi connectivity index (χ2n) is 4.84. The van der Waals surface area contributed by atoms with Gasteiger partial charge in [0.2, 0.25) is 5.91 Å². The maximum Gasteiger partial charge on any atom is 0.244 e. The summed E-state index contributed by atoms with van der Waals surface area (Å²) in [6, 6.07) is 7.89. The van der Waals surface area contributed by atoms with Crippen LogP contribution in [0, 0.1) is 12.7 Å². The molecule has 0 spiro atoms. The fourth-order valence-corrected chi connectivity index (χ4v) is 2.01. The average Bonchev–Trinajstić information content (AvgIpc) is 3.17. The molecule has 118 valence electrons. The maximum atomic E-state index is 14.1. The van der Waals surface area contributed by atoms with Crippen molar-refractivity contribution in [2.24, 2.45) is 0 Å². The molecule has 23 heavy (non-hydrogen) atoms. The van der Waals surface area contributed by atoms with Gasteiger partial charge in [0.1, 0.15) is 11.4 Å². The molecule has 0 saturated carbocycles. The number of benzene rings is 1. The summed E-state index contributed by atoms with van der Waals surface area (Å²) in [6.45, 7) is 1.71. The van der Waals surface area contributed by atoms with E-state index in [0.717, 1.165) is 0 Å². The minimum absolute atomic E-state index is 0.0214. The zero-order chi connectivity index (χ0) is 16.2. The molecule has 0 atom stereocenters. The molecule has 0 aliphatic heterocycles. The van der Waals surface area contributed by atoms with Crippen LogP contribution in [-0.2, 0) is 4.79 Å². The lowest BCUT2D eigenvalue weighted by Gasteiger charge is -2.08.